The summed E-state index contributed by atoms with van der Waals surface area (Å²) in [6, 6.07) is 15.8. The molecule has 0 saturated carbocycles. The van der Waals surface area contributed by atoms with E-state index in [1.807, 2.05) is 0 Å². The fourth-order valence-electron chi connectivity index (χ4n) is 3.18. The molecule has 2 heteroatoms. The van der Waals surface area contributed by atoms with Crippen molar-refractivity contribution in [3.05, 3.63) is 64.7 Å². The van der Waals surface area contributed by atoms with E-state index in [2.05, 4.69) is 54.7 Å². The summed E-state index contributed by atoms with van der Waals surface area (Å²) >= 11 is 0. The summed E-state index contributed by atoms with van der Waals surface area (Å²) in [6.07, 6.45) is 3.18. The molecule has 1 N–H and O–H groups in total. The molecule has 3 rings (SSSR count). The van der Waals surface area contributed by atoms with E-state index in [1.54, 1.807) is 7.11 Å². The number of rotatable bonds is 4. The molecule has 2 aromatic carbocycles. The molecule has 1 unspecified atom stereocenters. The number of fused-ring (bicyclic) bond motifs is 1. The van der Waals surface area contributed by atoms with E-state index < -0.39 is 0 Å². The van der Waals surface area contributed by atoms with E-state index in [0.717, 1.165) is 31.6 Å². The van der Waals surface area contributed by atoms with E-state index in [0.29, 0.717) is 6.04 Å². The summed E-state index contributed by atoms with van der Waals surface area (Å²) in [7, 11) is 1.76. The van der Waals surface area contributed by atoms with Crippen LogP contribution in [-0.4, -0.2) is 13.7 Å². The van der Waals surface area contributed by atoms with Gasteiger partial charge in [-0.2, -0.15) is 0 Å². The highest BCUT2D eigenvalue weighted by Crippen LogP contribution is 2.32. The first kappa shape index (κ1) is 14.2. The van der Waals surface area contributed by atoms with Crippen molar-refractivity contribution < 1.29 is 4.74 Å². The van der Waals surface area contributed by atoms with Crippen molar-refractivity contribution in [2.24, 2.45) is 0 Å². The third-order valence-corrected chi connectivity index (χ3v) is 4.40. The van der Waals surface area contributed by atoms with Gasteiger partial charge in [-0.05, 0) is 48.6 Å². The third-order valence-electron chi connectivity index (χ3n) is 4.40. The highest BCUT2D eigenvalue weighted by molar-refractivity contribution is 5.44. The van der Waals surface area contributed by atoms with Gasteiger partial charge in [0.2, 0.25) is 0 Å². The smallest absolute Gasteiger partial charge is 0.122 e. The topological polar surface area (TPSA) is 21.3 Å². The fraction of sp³-hybridized carbons (Fsp3) is 0.368. The van der Waals surface area contributed by atoms with Crippen molar-refractivity contribution >= 4 is 0 Å². The predicted molar refractivity (Wildman–Crippen MR) is 87.0 cm³/mol. The molecule has 0 aromatic heterocycles. The summed E-state index contributed by atoms with van der Waals surface area (Å²) in [6.45, 7) is 3.21. The fourth-order valence-corrected chi connectivity index (χ4v) is 3.18. The number of nitrogens with one attached hydrogen (secondary N) is 1. The van der Waals surface area contributed by atoms with Gasteiger partial charge in [0.25, 0.3) is 0 Å². The van der Waals surface area contributed by atoms with Crippen LogP contribution in [0, 0.1) is 0 Å². The molecule has 0 bridgehead atoms. The Kier molecular flexibility index (Phi) is 4.26. The monoisotopic (exact) mass is 281 g/mol. The first-order valence-electron chi connectivity index (χ1n) is 7.78. The Morgan fingerprint density at radius 2 is 1.86 bits per heavy atom. The second-order valence-electron chi connectivity index (χ2n) is 5.66. The number of aryl methyl sites for hydroxylation is 1. The lowest BCUT2D eigenvalue weighted by molar-refractivity contribution is 0.400. The van der Waals surface area contributed by atoms with Gasteiger partial charge < -0.3 is 10.1 Å². The maximum absolute atomic E-state index is 5.51. The van der Waals surface area contributed by atoms with Crippen LogP contribution in [0.5, 0.6) is 5.75 Å². The summed E-state index contributed by atoms with van der Waals surface area (Å²) in [5, 5.41) is 3.65. The van der Waals surface area contributed by atoms with Crippen LogP contribution in [-0.2, 0) is 19.3 Å². The minimum Gasteiger partial charge on any atom is -0.496 e. The average molecular weight is 281 g/mol. The molecule has 110 valence electrons. The van der Waals surface area contributed by atoms with Gasteiger partial charge in [-0.1, -0.05) is 43.3 Å². The lowest BCUT2D eigenvalue weighted by atomic mass is 9.89. The summed E-state index contributed by atoms with van der Waals surface area (Å²) in [4.78, 5) is 0. The largest absolute Gasteiger partial charge is 0.496 e. The van der Waals surface area contributed by atoms with Crippen LogP contribution >= 0.6 is 0 Å². The van der Waals surface area contributed by atoms with Gasteiger partial charge in [-0.25, -0.2) is 0 Å². The van der Waals surface area contributed by atoms with Crippen molar-refractivity contribution in [3.8, 4) is 5.75 Å². The third kappa shape index (κ3) is 2.96. The summed E-state index contributed by atoms with van der Waals surface area (Å²) in [5.41, 5.74) is 5.55. The Bertz CT molecular complexity index is 603. The van der Waals surface area contributed by atoms with Gasteiger partial charge in [0.15, 0.2) is 0 Å². The maximum Gasteiger partial charge on any atom is 0.122 e. The average Bonchev–Trinajstić information content (AvgIpc) is 2.55. The molecule has 21 heavy (non-hydrogen) atoms. The summed E-state index contributed by atoms with van der Waals surface area (Å²) in [5.74, 6) is 1.03. The molecule has 0 saturated heterocycles. The van der Waals surface area contributed by atoms with E-state index in [-0.39, 0.29) is 0 Å². The molecule has 0 spiro atoms. The summed E-state index contributed by atoms with van der Waals surface area (Å²) < 4.78 is 5.51. The number of methoxy groups -OCH3 is 1. The van der Waals surface area contributed by atoms with Crippen molar-refractivity contribution in [3.63, 3.8) is 0 Å². The normalized spacial score (nSPS) is 17.3. The first-order chi connectivity index (χ1) is 10.3. The quantitative estimate of drug-likeness (QED) is 0.923. The Hall–Kier alpha value is -1.80. The van der Waals surface area contributed by atoms with E-state index in [1.165, 1.54) is 22.3 Å². The molecule has 1 aliphatic heterocycles. The van der Waals surface area contributed by atoms with Crippen LogP contribution in [0.25, 0.3) is 0 Å². The van der Waals surface area contributed by atoms with Gasteiger partial charge >= 0.3 is 0 Å². The Balaban J connectivity index is 1.84. The number of benzene rings is 2. The minimum absolute atomic E-state index is 0.385. The van der Waals surface area contributed by atoms with Gasteiger partial charge in [-0.3, -0.25) is 0 Å². The second kappa shape index (κ2) is 6.31. The number of ether oxygens (including phenoxy) is 1. The van der Waals surface area contributed by atoms with Crippen molar-refractivity contribution in [1.29, 1.82) is 0 Å². The lowest BCUT2D eigenvalue weighted by Gasteiger charge is -2.28. The van der Waals surface area contributed by atoms with Crippen LogP contribution in [0.1, 0.15) is 35.2 Å². The highest BCUT2D eigenvalue weighted by atomic mass is 16.5. The predicted octanol–water partition coefficient (Wildman–Crippen LogP) is 3.69. The second-order valence-corrected chi connectivity index (χ2v) is 5.66. The molecule has 2 aromatic rings. The molecule has 1 aliphatic rings. The zero-order valence-corrected chi connectivity index (χ0v) is 12.9. The maximum atomic E-state index is 5.51. The van der Waals surface area contributed by atoms with Crippen LogP contribution in [0.3, 0.4) is 0 Å². The van der Waals surface area contributed by atoms with E-state index >= 15 is 0 Å². The molecular formula is C19H23NO. The molecule has 1 atom stereocenters. The van der Waals surface area contributed by atoms with E-state index in [9.17, 15) is 0 Å². The van der Waals surface area contributed by atoms with Gasteiger partial charge in [-0.15, -0.1) is 0 Å². The molecule has 0 amide bonds. The van der Waals surface area contributed by atoms with Crippen LogP contribution in [0.2, 0.25) is 0 Å². The standard InChI is InChI=1S/C19H23NO/c1-3-14-7-9-15(10-8-14)13-18-16-5-4-6-19(21-2)17(16)11-12-20-18/h4-10,18,20H,3,11-13H2,1-2H3. The minimum atomic E-state index is 0.385. The molecule has 0 radical (unpaired) electrons. The Labute approximate surface area is 127 Å². The van der Waals surface area contributed by atoms with Gasteiger partial charge in [0.1, 0.15) is 5.75 Å². The van der Waals surface area contributed by atoms with Crippen molar-refractivity contribution in [1.82, 2.24) is 5.32 Å². The van der Waals surface area contributed by atoms with Crippen LogP contribution in [0.4, 0.5) is 0 Å². The van der Waals surface area contributed by atoms with E-state index in [4.69, 9.17) is 4.74 Å². The molecule has 2 nitrogen and oxygen atoms in total. The lowest BCUT2D eigenvalue weighted by Crippen LogP contribution is -2.31. The SMILES string of the molecule is CCc1ccc(CC2NCCc3c(OC)cccc32)cc1. The molecule has 1 heterocycles. The van der Waals surface area contributed by atoms with Crippen molar-refractivity contribution in [2.75, 3.05) is 13.7 Å². The molecule has 0 aliphatic carbocycles. The number of hydrogen-bond acceptors (Lipinski definition) is 2. The Morgan fingerprint density at radius 1 is 1.10 bits per heavy atom. The van der Waals surface area contributed by atoms with Gasteiger partial charge in [0.05, 0.1) is 7.11 Å². The zero-order chi connectivity index (χ0) is 14.7. The van der Waals surface area contributed by atoms with Crippen LogP contribution < -0.4 is 10.1 Å². The highest BCUT2D eigenvalue weighted by Gasteiger charge is 2.22. The van der Waals surface area contributed by atoms with Crippen LogP contribution in [0.15, 0.2) is 42.5 Å². The molecular weight excluding hydrogens is 258 g/mol. The van der Waals surface area contributed by atoms with Gasteiger partial charge in [0, 0.05) is 11.6 Å². The zero-order valence-electron chi connectivity index (χ0n) is 12.9. The molecule has 0 fully saturated rings. The number of hydrogen-bond donors (Lipinski definition) is 1. The Morgan fingerprint density at radius 3 is 2.57 bits per heavy atom. The van der Waals surface area contributed by atoms with Crippen molar-refractivity contribution in [2.45, 2.75) is 32.2 Å². The first-order valence-corrected chi connectivity index (χ1v) is 7.78.